The average molecular weight is 580 g/mol. The van der Waals surface area contributed by atoms with E-state index in [4.69, 9.17) is 26.2 Å². The second-order valence-electron chi connectivity index (χ2n) is 8.57. The number of nitrogens with zero attached hydrogens (tertiary/aromatic N) is 1. The summed E-state index contributed by atoms with van der Waals surface area (Å²) >= 11 is 7.28. The van der Waals surface area contributed by atoms with Crippen molar-refractivity contribution in [2.45, 2.75) is 39.2 Å². The number of alkyl halides is 3. The van der Waals surface area contributed by atoms with Crippen molar-refractivity contribution in [2.75, 3.05) is 0 Å². The summed E-state index contributed by atoms with van der Waals surface area (Å²) in [6, 6.07) is 14.1. The van der Waals surface area contributed by atoms with Gasteiger partial charge in [-0.3, -0.25) is 4.79 Å². The number of carboxylic acids is 1. The number of rotatable bonds is 10. The summed E-state index contributed by atoms with van der Waals surface area (Å²) in [5.74, 6) is -1.12. The minimum absolute atomic E-state index is 0.0179. The summed E-state index contributed by atoms with van der Waals surface area (Å²) in [5, 5.41) is 9.45. The van der Waals surface area contributed by atoms with E-state index in [1.54, 1.807) is 18.2 Å². The van der Waals surface area contributed by atoms with Crippen molar-refractivity contribution < 1.29 is 36.9 Å². The van der Waals surface area contributed by atoms with Crippen LogP contribution in [-0.2, 0) is 30.6 Å². The Morgan fingerprint density at radius 1 is 1.05 bits per heavy atom. The Hall–Kier alpha value is -3.63. The highest BCUT2D eigenvalue weighted by Gasteiger charge is 2.30. The Balaban J connectivity index is 1.57. The van der Waals surface area contributed by atoms with Crippen LogP contribution < -0.4 is 9.47 Å². The predicted molar refractivity (Wildman–Crippen MR) is 140 cm³/mol. The zero-order valence-electron chi connectivity index (χ0n) is 20.5. The zero-order chi connectivity index (χ0) is 28.2. The molecule has 0 atom stereocenters. The molecule has 0 radical (unpaired) electrons. The smallest absolute Gasteiger partial charge is 0.416 e. The molecule has 0 unspecified atom stereocenters. The van der Waals surface area contributed by atoms with Crippen LogP contribution in [0.15, 0.2) is 60.7 Å². The van der Waals surface area contributed by atoms with Gasteiger partial charge in [-0.1, -0.05) is 35.9 Å². The number of halogens is 5. The lowest BCUT2D eigenvalue weighted by molar-refractivity contribution is -0.138. The van der Waals surface area contributed by atoms with Crippen LogP contribution in [0.4, 0.5) is 17.6 Å². The van der Waals surface area contributed by atoms with Crippen molar-refractivity contribution in [3.63, 3.8) is 0 Å². The maximum atomic E-state index is 14.2. The molecule has 0 saturated heterocycles. The number of hydrogen-bond donors (Lipinski definition) is 1. The molecule has 3 aromatic carbocycles. The van der Waals surface area contributed by atoms with E-state index in [0.717, 1.165) is 23.3 Å². The molecular formula is C28H22ClF4NO4S. The fraction of sp³-hybridized carbons (Fsp3) is 0.214. The van der Waals surface area contributed by atoms with Crippen molar-refractivity contribution >= 4 is 28.9 Å². The predicted octanol–water partition coefficient (Wildman–Crippen LogP) is 8.11. The third-order valence-corrected chi connectivity index (χ3v) is 7.22. The molecule has 1 aromatic heterocycles. The molecule has 0 aliphatic rings. The lowest BCUT2D eigenvalue weighted by atomic mass is 10.0. The van der Waals surface area contributed by atoms with Crippen molar-refractivity contribution in [3.05, 3.63) is 98.8 Å². The minimum atomic E-state index is -4.46. The zero-order valence-corrected chi connectivity index (χ0v) is 22.1. The number of benzene rings is 3. The summed E-state index contributed by atoms with van der Waals surface area (Å²) in [6.07, 6.45) is -4.05. The third kappa shape index (κ3) is 7.27. The van der Waals surface area contributed by atoms with Gasteiger partial charge in [-0.15, -0.1) is 11.3 Å². The molecule has 39 heavy (non-hydrogen) atoms. The normalized spacial score (nSPS) is 11.4. The van der Waals surface area contributed by atoms with Crippen molar-refractivity contribution in [2.24, 2.45) is 0 Å². The first-order valence-electron chi connectivity index (χ1n) is 11.7. The summed E-state index contributed by atoms with van der Waals surface area (Å²) in [7, 11) is 0. The third-order valence-electron chi connectivity index (χ3n) is 5.80. The quantitative estimate of drug-likeness (QED) is 0.192. The van der Waals surface area contributed by atoms with Gasteiger partial charge in [0.25, 0.3) is 0 Å². The number of thiazole rings is 1. The van der Waals surface area contributed by atoms with E-state index >= 15 is 0 Å². The molecule has 0 bridgehead atoms. The fourth-order valence-electron chi connectivity index (χ4n) is 3.72. The molecule has 0 spiro atoms. The second-order valence-corrected chi connectivity index (χ2v) is 10.1. The van der Waals surface area contributed by atoms with Gasteiger partial charge >= 0.3 is 12.1 Å². The van der Waals surface area contributed by atoms with Crippen LogP contribution in [0.3, 0.4) is 0 Å². The van der Waals surface area contributed by atoms with Gasteiger partial charge < -0.3 is 14.6 Å². The van der Waals surface area contributed by atoms with Gasteiger partial charge in [-0.25, -0.2) is 9.37 Å². The lowest BCUT2D eigenvalue weighted by Gasteiger charge is -2.11. The molecule has 5 nitrogen and oxygen atoms in total. The highest BCUT2D eigenvalue weighted by atomic mass is 35.5. The molecule has 0 fully saturated rings. The number of carboxylic acid groups (broad SMARTS) is 1. The molecule has 0 aliphatic carbocycles. The molecular weight excluding hydrogens is 558 g/mol. The molecule has 4 aromatic rings. The van der Waals surface area contributed by atoms with Crippen molar-refractivity contribution in [1.82, 2.24) is 4.98 Å². The fourth-order valence-corrected chi connectivity index (χ4v) is 4.93. The average Bonchev–Trinajstić information content (AvgIpc) is 3.29. The van der Waals surface area contributed by atoms with Crippen LogP contribution in [0.5, 0.6) is 11.5 Å². The van der Waals surface area contributed by atoms with Gasteiger partial charge in [0.1, 0.15) is 24.0 Å². The first kappa shape index (κ1) is 28.4. The van der Waals surface area contributed by atoms with Crippen LogP contribution in [0.1, 0.15) is 33.7 Å². The molecule has 11 heteroatoms. The summed E-state index contributed by atoms with van der Waals surface area (Å²) in [4.78, 5) is 16.0. The van der Waals surface area contributed by atoms with E-state index < -0.39 is 23.5 Å². The maximum absolute atomic E-state index is 14.2. The largest absolute Gasteiger partial charge is 0.488 e. The highest BCUT2D eigenvalue weighted by molar-refractivity contribution is 7.15. The number of aryl methyl sites for hydroxylation is 2. The van der Waals surface area contributed by atoms with E-state index in [1.807, 2.05) is 6.92 Å². The van der Waals surface area contributed by atoms with Gasteiger partial charge in [0, 0.05) is 12.0 Å². The Bertz CT molecular complexity index is 1450. The summed E-state index contributed by atoms with van der Waals surface area (Å²) < 4.78 is 64.8. The lowest BCUT2D eigenvalue weighted by Crippen LogP contribution is -2.04. The molecule has 1 heterocycles. The van der Waals surface area contributed by atoms with E-state index in [-0.39, 0.29) is 30.4 Å². The summed E-state index contributed by atoms with van der Waals surface area (Å²) in [6.45, 7) is 1.77. The van der Waals surface area contributed by atoms with Gasteiger partial charge in [0.05, 0.1) is 21.2 Å². The number of aromatic nitrogens is 1. The number of carbonyl (C=O) groups is 1. The minimum Gasteiger partial charge on any atom is -0.488 e. The molecule has 0 saturated carbocycles. The van der Waals surface area contributed by atoms with Crippen LogP contribution >= 0.6 is 22.9 Å². The van der Waals surface area contributed by atoms with E-state index in [1.165, 1.54) is 41.7 Å². The van der Waals surface area contributed by atoms with Crippen LogP contribution in [-0.4, -0.2) is 16.1 Å². The first-order valence-corrected chi connectivity index (χ1v) is 12.9. The van der Waals surface area contributed by atoms with Gasteiger partial charge in [-0.05, 0) is 60.9 Å². The standard InChI is InChI=1S/C28H22ClF4NO4S/c1-16-13-20(11-7-17(16)8-12-25(35)36)37-15-24-23(14-38-26-21(29)3-2-4-22(26)30)34-27(39-24)18-5-9-19(10-6-18)28(31,32)33/h2-7,9-11,13H,8,12,14-15H2,1H3,(H,35,36). The maximum Gasteiger partial charge on any atom is 0.416 e. The Morgan fingerprint density at radius 2 is 1.79 bits per heavy atom. The van der Waals surface area contributed by atoms with Crippen LogP contribution in [0, 0.1) is 12.7 Å². The monoisotopic (exact) mass is 579 g/mol. The summed E-state index contributed by atoms with van der Waals surface area (Å²) in [5.41, 5.74) is 1.89. The van der Waals surface area contributed by atoms with Crippen LogP contribution in [0.25, 0.3) is 10.6 Å². The van der Waals surface area contributed by atoms with E-state index in [9.17, 15) is 22.4 Å². The molecule has 204 valence electrons. The molecule has 0 aliphatic heterocycles. The molecule has 4 rings (SSSR count). The van der Waals surface area contributed by atoms with Crippen LogP contribution in [0.2, 0.25) is 5.02 Å². The van der Waals surface area contributed by atoms with Gasteiger partial charge in [0.2, 0.25) is 0 Å². The number of hydrogen-bond acceptors (Lipinski definition) is 5. The van der Waals surface area contributed by atoms with Crippen molar-refractivity contribution in [3.8, 4) is 22.1 Å². The number of ether oxygens (including phenoxy) is 2. The Labute approximate surface area is 230 Å². The SMILES string of the molecule is Cc1cc(OCc2sc(-c3ccc(C(F)(F)F)cc3)nc2COc2c(F)cccc2Cl)ccc1CCC(=O)O. The number of aliphatic carboxylic acids is 1. The van der Waals surface area contributed by atoms with Gasteiger partial charge in [-0.2, -0.15) is 13.2 Å². The Kier molecular flexibility index (Phi) is 8.76. The van der Waals surface area contributed by atoms with E-state index in [2.05, 4.69) is 4.98 Å². The second kappa shape index (κ2) is 12.0. The highest BCUT2D eigenvalue weighted by Crippen LogP contribution is 2.35. The first-order chi connectivity index (χ1) is 18.5. The van der Waals surface area contributed by atoms with Crippen molar-refractivity contribution in [1.29, 1.82) is 0 Å². The number of para-hydroxylation sites is 1. The molecule has 1 N–H and O–H groups in total. The van der Waals surface area contributed by atoms with E-state index in [0.29, 0.717) is 33.3 Å². The topological polar surface area (TPSA) is 68.7 Å². The Morgan fingerprint density at radius 3 is 2.44 bits per heavy atom. The molecule has 0 amide bonds. The van der Waals surface area contributed by atoms with Gasteiger partial charge in [0.15, 0.2) is 11.6 Å².